The van der Waals surface area contributed by atoms with Gasteiger partial charge in [0.1, 0.15) is 12.2 Å². The molecule has 170 valence electrons. The number of hydrogen-bond acceptors (Lipinski definition) is 7. The summed E-state index contributed by atoms with van der Waals surface area (Å²) < 4.78 is 22.4. The van der Waals surface area contributed by atoms with E-state index in [2.05, 4.69) is 10.6 Å². The summed E-state index contributed by atoms with van der Waals surface area (Å²) in [5.41, 5.74) is 0.834. The fourth-order valence-electron chi connectivity index (χ4n) is 4.67. The van der Waals surface area contributed by atoms with Crippen LogP contribution in [0.2, 0.25) is 0 Å². The van der Waals surface area contributed by atoms with Crippen LogP contribution >= 0.6 is 0 Å². The highest BCUT2D eigenvalue weighted by atomic mass is 16.6. The van der Waals surface area contributed by atoms with Crippen LogP contribution in [0.15, 0.2) is 24.3 Å². The maximum absolute atomic E-state index is 12.4. The molecule has 3 aliphatic rings. The zero-order chi connectivity index (χ0) is 21.6. The third-order valence-electron chi connectivity index (χ3n) is 6.28. The summed E-state index contributed by atoms with van der Waals surface area (Å²) in [6, 6.07) is 6.69. The van der Waals surface area contributed by atoms with Crippen molar-refractivity contribution < 1.29 is 28.5 Å². The minimum absolute atomic E-state index is 0.103. The Morgan fingerprint density at radius 2 is 1.90 bits per heavy atom. The molecule has 0 unspecified atom stereocenters. The lowest BCUT2D eigenvalue weighted by atomic mass is 9.89. The van der Waals surface area contributed by atoms with Crippen LogP contribution in [-0.4, -0.2) is 62.8 Å². The number of fused-ring (bicyclic) bond motifs is 1. The largest absolute Gasteiger partial charge is 0.462 e. The first-order valence-electron chi connectivity index (χ1n) is 11.4. The van der Waals surface area contributed by atoms with E-state index in [9.17, 15) is 9.59 Å². The van der Waals surface area contributed by atoms with E-state index in [1.54, 1.807) is 31.2 Å². The van der Waals surface area contributed by atoms with Crippen molar-refractivity contribution in [2.45, 2.75) is 63.4 Å². The second kappa shape index (κ2) is 10.4. The van der Waals surface area contributed by atoms with Gasteiger partial charge in [0, 0.05) is 5.69 Å². The van der Waals surface area contributed by atoms with Crippen molar-refractivity contribution in [1.82, 2.24) is 5.32 Å². The van der Waals surface area contributed by atoms with E-state index in [1.807, 2.05) is 0 Å². The minimum Gasteiger partial charge on any atom is -0.462 e. The quantitative estimate of drug-likeness (QED) is 0.639. The van der Waals surface area contributed by atoms with Gasteiger partial charge in [-0.15, -0.1) is 0 Å². The summed E-state index contributed by atoms with van der Waals surface area (Å²) in [7, 11) is 0. The molecule has 0 radical (unpaired) electrons. The smallest absolute Gasteiger partial charge is 0.412 e. The maximum atomic E-state index is 12.4. The van der Waals surface area contributed by atoms with Crippen LogP contribution in [0, 0.1) is 5.92 Å². The molecule has 31 heavy (non-hydrogen) atoms. The van der Waals surface area contributed by atoms with Gasteiger partial charge in [0.15, 0.2) is 6.10 Å². The van der Waals surface area contributed by atoms with E-state index >= 15 is 0 Å². The number of ether oxygens (including phenoxy) is 4. The maximum Gasteiger partial charge on any atom is 0.412 e. The Kier molecular flexibility index (Phi) is 7.42. The summed E-state index contributed by atoms with van der Waals surface area (Å²) in [6.45, 7) is 3.90. The van der Waals surface area contributed by atoms with Gasteiger partial charge in [-0.05, 0) is 50.4 Å². The highest BCUT2D eigenvalue weighted by Gasteiger charge is 2.49. The molecule has 8 heteroatoms. The SMILES string of the molecule is CCOC(=O)c1cccc(NC(=O)O[C@H]2CO[C@@H]3[C@@H]2OC[C@@H]3NCC2CCCCC2)c1. The highest BCUT2D eigenvalue weighted by Crippen LogP contribution is 2.30. The third-order valence-corrected chi connectivity index (χ3v) is 6.28. The lowest BCUT2D eigenvalue weighted by Gasteiger charge is -2.25. The molecule has 0 bridgehead atoms. The van der Waals surface area contributed by atoms with E-state index in [4.69, 9.17) is 18.9 Å². The fourth-order valence-corrected chi connectivity index (χ4v) is 4.67. The Labute approximate surface area is 182 Å². The molecule has 4 atom stereocenters. The number of rotatable bonds is 7. The molecule has 1 saturated carbocycles. The molecule has 1 aromatic carbocycles. The molecular weight excluding hydrogens is 400 g/mol. The fraction of sp³-hybridized carbons (Fsp3) is 0.652. The van der Waals surface area contributed by atoms with E-state index < -0.39 is 18.2 Å². The molecule has 0 aromatic heterocycles. The average Bonchev–Trinajstić information content (AvgIpc) is 3.36. The Morgan fingerprint density at radius 1 is 1.10 bits per heavy atom. The topological polar surface area (TPSA) is 95.1 Å². The average molecular weight is 433 g/mol. The van der Waals surface area contributed by atoms with Crippen molar-refractivity contribution in [2.24, 2.45) is 5.92 Å². The highest BCUT2D eigenvalue weighted by molar-refractivity contribution is 5.92. The number of carbonyl (C=O) groups is 2. The number of amides is 1. The standard InChI is InChI=1S/C23H32N2O6/c1-2-28-22(26)16-9-6-10-17(11-16)25-23(27)31-19-14-30-20-18(13-29-21(19)20)24-12-15-7-4-3-5-8-15/h6,9-11,15,18-21,24H,2-5,7-8,12-14H2,1H3,(H,25,27)/t18-,19-,20-,21+/m0/s1. The van der Waals surface area contributed by atoms with E-state index in [1.165, 1.54) is 32.1 Å². The van der Waals surface area contributed by atoms with Gasteiger partial charge in [-0.2, -0.15) is 0 Å². The van der Waals surface area contributed by atoms with Crippen molar-refractivity contribution in [3.63, 3.8) is 0 Å². The molecule has 2 N–H and O–H groups in total. The van der Waals surface area contributed by atoms with Crippen molar-refractivity contribution in [2.75, 3.05) is 31.7 Å². The molecule has 1 aliphatic carbocycles. The van der Waals surface area contributed by atoms with Crippen LogP contribution in [0.25, 0.3) is 0 Å². The molecule has 4 rings (SSSR count). The van der Waals surface area contributed by atoms with Crippen molar-refractivity contribution in [1.29, 1.82) is 0 Å². The monoisotopic (exact) mass is 432 g/mol. The number of hydrogen-bond donors (Lipinski definition) is 2. The van der Waals surface area contributed by atoms with Gasteiger partial charge in [0.2, 0.25) is 0 Å². The number of benzene rings is 1. The Bertz CT molecular complexity index is 766. The molecule has 1 aromatic rings. The van der Waals surface area contributed by atoms with Crippen LogP contribution in [0.3, 0.4) is 0 Å². The Hall–Kier alpha value is -2.16. The predicted octanol–water partition coefficient (Wildman–Crippen LogP) is 3.12. The molecular formula is C23H32N2O6. The normalized spacial score (nSPS) is 28.2. The van der Waals surface area contributed by atoms with E-state index in [-0.39, 0.29) is 18.2 Å². The van der Waals surface area contributed by atoms with Gasteiger partial charge >= 0.3 is 12.1 Å². The van der Waals surface area contributed by atoms with Crippen LogP contribution in [-0.2, 0) is 18.9 Å². The van der Waals surface area contributed by atoms with Crippen LogP contribution in [0.4, 0.5) is 10.5 Å². The van der Waals surface area contributed by atoms with E-state index in [0.29, 0.717) is 31.1 Å². The summed E-state index contributed by atoms with van der Waals surface area (Å²) in [6.07, 6.45) is 5.15. The number of esters is 1. The summed E-state index contributed by atoms with van der Waals surface area (Å²) in [4.78, 5) is 24.3. The third kappa shape index (κ3) is 5.56. The van der Waals surface area contributed by atoms with Crippen LogP contribution < -0.4 is 10.6 Å². The second-order valence-electron chi connectivity index (χ2n) is 8.48. The summed E-state index contributed by atoms with van der Waals surface area (Å²) >= 11 is 0. The van der Waals surface area contributed by atoms with Crippen molar-refractivity contribution >= 4 is 17.7 Å². The lowest BCUT2D eigenvalue weighted by molar-refractivity contribution is 0.00850. The van der Waals surface area contributed by atoms with E-state index in [0.717, 1.165) is 12.5 Å². The minimum atomic E-state index is -0.600. The first-order chi connectivity index (χ1) is 15.1. The van der Waals surface area contributed by atoms with Gasteiger partial charge in [-0.1, -0.05) is 25.3 Å². The molecule has 3 fully saturated rings. The first kappa shape index (κ1) is 22.0. The second-order valence-corrected chi connectivity index (χ2v) is 8.48. The zero-order valence-corrected chi connectivity index (χ0v) is 18.0. The number of anilines is 1. The number of nitrogens with one attached hydrogen (secondary N) is 2. The summed E-state index contributed by atoms with van der Waals surface area (Å²) in [5, 5.41) is 6.28. The van der Waals surface area contributed by atoms with Gasteiger partial charge in [0.25, 0.3) is 0 Å². The first-order valence-corrected chi connectivity index (χ1v) is 11.4. The predicted molar refractivity (Wildman–Crippen MR) is 114 cm³/mol. The van der Waals surface area contributed by atoms with Gasteiger partial charge in [-0.25, -0.2) is 9.59 Å². The van der Waals surface area contributed by atoms with Gasteiger partial charge in [-0.3, -0.25) is 5.32 Å². The Balaban J connectivity index is 1.25. The van der Waals surface area contributed by atoms with Crippen molar-refractivity contribution in [3.05, 3.63) is 29.8 Å². The molecule has 0 spiro atoms. The number of carbonyl (C=O) groups excluding carboxylic acids is 2. The molecule has 8 nitrogen and oxygen atoms in total. The molecule has 2 saturated heterocycles. The Morgan fingerprint density at radius 3 is 2.71 bits per heavy atom. The van der Waals surface area contributed by atoms with Gasteiger partial charge in [0.05, 0.1) is 31.4 Å². The molecule has 2 heterocycles. The zero-order valence-electron chi connectivity index (χ0n) is 18.0. The lowest BCUT2D eigenvalue weighted by Crippen LogP contribution is -2.43. The molecule has 2 aliphatic heterocycles. The molecule has 1 amide bonds. The summed E-state index contributed by atoms with van der Waals surface area (Å²) in [5.74, 6) is 0.301. The van der Waals surface area contributed by atoms with Crippen LogP contribution in [0.5, 0.6) is 0 Å². The van der Waals surface area contributed by atoms with Gasteiger partial charge < -0.3 is 24.3 Å². The van der Waals surface area contributed by atoms with Crippen LogP contribution in [0.1, 0.15) is 49.4 Å². The van der Waals surface area contributed by atoms with Crippen molar-refractivity contribution in [3.8, 4) is 0 Å².